The van der Waals surface area contributed by atoms with E-state index >= 15 is 0 Å². The third-order valence-electron chi connectivity index (χ3n) is 1.36. The van der Waals surface area contributed by atoms with E-state index in [4.69, 9.17) is 9.84 Å². The molecule has 0 aromatic rings. The Morgan fingerprint density at radius 3 is 2.18 bits per heavy atom. The molecule has 0 atom stereocenters. The molecule has 0 aliphatic carbocycles. The number of terminal acetylenes is 1. The summed E-state index contributed by atoms with van der Waals surface area (Å²) in [5.74, 6) is 0.296. The first-order valence-corrected chi connectivity index (χ1v) is 5.41. The average molecular weight is 240 g/mol. The van der Waals surface area contributed by atoms with Gasteiger partial charge >= 0.3 is 0 Å². The van der Waals surface area contributed by atoms with Crippen molar-refractivity contribution in [2.24, 2.45) is 0 Å². The standard InChI is InChI=1S/C10H16O2.C2H2O.C2H6/c1-4-6-10(11)9(2)7-5-8-12-3;1-2-3;1-2/h4-7,11H,8H2,1-3H3;1,3H;1-2H3/b6-4-,7-5+,10-9+;;. The second kappa shape index (κ2) is 19.8. The van der Waals surface area contributed by atoms with Crippen LogP contribution in [0.2, 0.25) is 0 Å². The van der Waals surface area contributed by atoms with Gasteiger partial charge in [0.1, 0.15) is 11.9 Å². The van der Waals surface area contributed by atoms with Crippen LogP contribution >= 0.6 is 0 Å². The SMILES string of the molecule is C#CO.CC.C\C=C/C(O)=C(C)\C=C\COC. The van der Waals surface area contributed by atoms with E-state index < -0.39 is 0 Å². The monoisotopic (exact) mass is 240 g/mol. The van der Waals surface area contributed by atoms with Crippen LogP contribution in [0, 0.1) is 12.5 Å². The fraction of sp³-hybridized carbons (Fsp3) is 0.429. The molecule has 17 heavy (non-hydrogen) atoms. The van der Waals surface area contributed by atoms with Crippen molar-refractivity contribution < 1.29 is 14.9 Å². The Bertz CT molecular complexity index is 268. The fourth-order valence-corrected chi connectivity index (χ4v) is 0.696. The molecule has 0 spiro atoms. The van der Waals surface area contributed by atoms with Crippen LogP contribution in [0.15, 0.2) is 35.6 Å². The minimum Gasteiger partial charge on any atom is -0.508 e. The van der Waals surface area contributed by atoms with Gasteiger partial charge in [-0.1, -0.05) is 38.5 Å². The normalized spacial score (nSPS) is 10.8. The van der Waals surface area contributed by atoms with Gasteiger partial charge in [-0.25, -0.2) is 0 Å². The van der Waals surface area contributed by atoms with E-state index in [2.05, 4.69) is 6.42 Å². The van der Waals surface area contributed by atoms with Crippen molar-refractivity contribution in [3.63, 3.8) is 0 Å². The van der Waals surface area contributed by atoms with Crippen molar-refractivity contribution >= 4 is 0 Å². The van der Waals surface area contributed by atoms with Crippen molar-refractivity contribution in [2.75, 3.05) is 13.7 Å². The average Bonchev–Trinajstić information content (AvgIpc) is 2.33. The van der Waals surface area contributed by atoms with Crippen molar-refractivity contribution in [1.82, 2.24) is 0 Å². The van der Waals surface area contributed by atoms with Crippen LogP contribution < -0.4 is 0 Å². The highest BCUT2D eigenvalue weighted by Crippen LogP contribution is 2.03. The fourth-order valence-electron chi connectivity index (χ4n) is 0.696. The van der Waals surface area contributed by atoms with Crippen molar-refractivity contribution in [3.05, 3.63) is 35.6 Å². The van der Waals surface area contributed by atoms with Gasteiger partial charge in [0.2, 0.25) is 0 Å². The zero-order chi connectivity index (χ0) is 14.1. The maximum Gasteiger partial charge on any atom is 0.118 e. The Morgan fingerprint density at radius 2 is 1.82 bits per heavy atom. The van der Waals surface area contributed by atoms with Gasteiger partial charge in [-0.05, 0) is 25.5 Å². The molecule has 0 rings (SSSR count). The molecule has 3 nitrogen and oxygen atoms in total. The summed E-state index contributed by atoms with van der Waals surface area (Å²) < 4.78 is 4.82. The van der Waals surface area contributed by atoms with Gasteiger partial charge in [-0.3, -0.25) is 0 Å². The van der Waals surface area contributed by atoms with Crippen molar-refractivity contribution in [2.45, 2.75) is 27.7 Å². The molecule has 0 amide bonds. The summed E-state index contributed by atoms with van der Waals surface area (Å²) in [6.07, 6.45) is 12.5. The van der Waals surface area contributed by atoms with Gasteiger partial charge in [0.25, 0.3) is 0 Å². The van der Waals surface area contributed by atoms with Gasteiger partial charge in [0.05, 0.1) is 6.61 Å². The minimum atomic E-state index is 0.296. The Kier molecular flexibility index (Phi) is 24.2. The highest BCUT2D eigenvalue weighted by atomic mass is 16.5. The third kappa shape index (κ3) is 20.4. The topological polar surface area (TPSA) is 49.7 Å². The molecule has 0 aromatic carbocycles. The van der Waals surface area contributed by atoms with Crippen LogP contribution in [-0.4, -0.2) is 23.9 Å². The zero-order valence-corrected chi connectivity index (χ0v) is 11.4. The first-order chi connectivity index (χ1) is 8.13. The quantitative estimate of drug-likeness (QED) is 0.448. The lowest BCUT2D eigenvalue weighted by Crippen LogP contribution is -1.83. The van der Waals surface area contributed by atoms with Gasteiger partial charge in [0.15, 0.2) is 0 Å². The Morgan fingerprint density at radius 1 is 1.35 bits per heavy atom. The molecule has 0 radical (unpaired) electrons. The van der Waals surface area contributed by atoms with Crippen LogP contribution in [0.5, 0.6) is 0 Å². The molecule has 0 aromatic heterocycles. The Balaban J connectivity index is -0.000000337. The van der Waals surface area contributed by atoms with E-state index in [1.54, 1.807) is 19.3 Å². The van der Waals surface area contributed by atoms with E-state index in [9.17, 15) is 5.11 Å². The van der Waals surface area contributed by atoms with Crippen LogP contribution in [0.3, 0.4) is 0 Å². The lowest BCUT2D eigenvalue weighted by atomic mass is 10.2. The molecule has 0 unspecified atom stereocenters. The van der Waals surface area contributed by atoms with E-state index in [1.807, 2.05) is 39.8 Å². The van der Waals surface area contributed by atoms with Crippen LogP contribution in [0.25, 0.3) is 0 Å². The van der Waals surface area contributed by atoms with E-state index in [0.717, 1.165) is 5.57 Å². The number of allylic oxidation sites excluding steroid dienone is 4. The molecule has 98 valence electrons. The summed E-state index contributed by atoms with van der Waals surface area (Å²) >= 11 is 0. The minimum absolute atomic E-state index is 0.296. The molecule has 3 heteroatoms. The number of hydrogen-bond donors (Lipinski definition) is 2. The molecule has 0 heterocycles. The number of aliphatic hydroxyl groups excluding tert-OH is 2. The summed E-state index contributed by atoms with van der Waals surface area (Å²) in [5.41, 5.74) is 0.838. The van der Waals surface area contributed by atoms with Gasteiger partial charge < -0.3 is 14.9 Å². The third-order valence-corrected chi connectivity index (χ3v) is 1.36. The Labute approximate surface area is 105 Å². The smallest absolute Gasteiger partial charge is 0.118 e. The summed E-state index contributed by atoms with van der Waals surface area (Å²) in [6, 6.07) is 0. The predicted octanol–water partition coefficient (Wildman–Crippen LogP) is 3.57. The van der Waals surface area contributed by atoms with E-state index in [1.165, 1.54) is 6.11 Å². The molecule has 0 saturated heterocycles. The maximum absolute atomic E-state index is 9.32. The lowest BCUT2D eigenvalue weighted by molar-refractivity contribution is 0.234. The number of ether oxygens (including phenoxy) is 1. The van der Waals surface area contributed by atoms with Gasteiger partial charge in [0, 0.05) is 7.11 Å². The summed E-state index contributed by atoms with van der Waals surface area (Å²) in [6.45, 7) is 8.28. The van der Waals surface area contributed by atoms with Crippen LogP contribution in [-0.2, 0) is 4.74 Å². The molecule has 0 bridgehead atoms. The lowest BCUT2D eigenvalue weighted by Gasteiger charge is -1.95. The van der Waals surface area contributed by atoms with Gasteiger partial charge in [-0.2, -0.15) is 0 Å². The zero-order valence-electron chi connectivity index (χ0n) is 11.4. The molecule has 0 saturated carbocycles. The van der Waals surface area contributed by atoms with E-state index in [-0.39, 0.29) is 0 Å². The van der Waals surface area contributed by atoms with E-state index in [0.29, 0.717) is 12.4 Å². The number of aliphatic hydroxyl groups is 2. The second-order valence-corrected chi connectivity index (χ2v) is 2.56. The predicted molar refractivity (Wildman–Crippen MR) is 73.3 cm³/mol. The largest absolute Gasteiger partial charge is 0.508 e. The highest BCUT2D eigenvalue weighted by molar-refractivity contribution is 5.26. The summed E-state index contributed by atoms with van der Waals surface area (Å²) in [7, 11) is 1.63. The Hall–Kier alpha value is -1.66. The number of hydrogen-bond acceptors (Lipinski definition) is 3. The summed E-state index contributed by atoms with van der Waals surface area (Å²) in [5, 5.41) is 16.4. The summed E-state index contributed by atoms with van der Waals surface area (Å²) in [4.78, 5) is 0. The van der Waals surface area contributed by atoms with Crippen LogP contribution in [0.4, 0.5) is 0 Å². The first-order valence-electron chi connectivity index (χ1n) is 5.41. The molecular weight excluding hydrogens is 216 g/mol. The second-order valence-electron chi connectivity index (χ2n) is 2.56. The number of methoxy groups -OCH3 is 1. The first kappa shape index (κ1) is 20.7. The molecule has 0 aliphatic heterocycles. The molecular formula is C14H24O3. The van der Waals surface area contributed by atoms with Gasteiger partial charge in [-0.15, -0.1) is 0 Å². The molecule has 0 fully saturated rings. The van der Waals surface area contributed by atoms with Crippen LogP contribution in [0.1, 0.15) is 27.7 Å². The maximum atomic E-state index is 9.32. The molecule has 0 aliphatic rings. The van der Waals surface area contributed by atoms with Crippen molar-refractivity contribution in [3.8, 4) is 12.5 Å². The number of rotatable bonds is 4. The van der Waals surface area contributed by atoms with Crippen molar-refractivity contribution in [1.29, 1.82) is 0 Å². The highest BCUT2D eigenvalue weighted by Gasteiger charge is 1.89. The molecule has 2 N–H and O–H groups in total.